The predicted octanol–water partition coefficient (Wildman–Crippen LogP) is 4.51. The zero-order chi connectivity index (χ0) is 22.2. The number of aromatic amines is 1. The number of H-pyrrole nitrogens is 1. The van der Waals surface area contributed by atoms with E-state index in [1.165, 1.54) is 0 Å². The van der Waals surface area contributed by atoms with Gasteiger partial charge in [0.1, 0.15) is 11.3 Å². The molecule has 0 saturated carbocycles. The number of aromatic nitrogens is 7. The van der Waals surface area contributed by atoms with Gasteiger partial charge in [0, 0.05) is 17.7 Å². The van der Waals surface area contributed by atoms with E-state index in [9.17, 15) is 0 Å². The fourth-order valence-corrected chi connectivity index (χ4v) is 3.98. The highest BCUT2D eigenvalue weighted by molar-refractivity contribution is 5.80. The maximum Gasteiger partial charge on any atom is 0.205 e. The predicted molar refractivity (Wildman–Crippen MR) is 121 cm³/mol. The molecule has 0 spiro atoms. The summed E-state index contributed by atoms with van der Waals surface area (Å²) < 4.78 is 10.9. The third-order valence-corrected chi connectivity index (χ3v) is 5.44. The maximum atomic E-state index is 8.72. The van der Waals surface area contributed by atoms with E-state index in [1.54, 1.807) is 0 Å². The van der Waals surface area contributed by atoms with Crippen LogP contribution >= 0.6 is 0 Å². The molecule has 5 rings (SSSR count). The molecule has 7 nitrogen and oxygen atoms in total. The van der Waals surface area contributed by atoms with Crippen molar-refractivity contribution in [3.8, 4) is 22.5 Å². The fraction of sp³-hybridized carbons (Fsp3) is 0.208. The van der Waals surface area contributed by atoms with E-state index in [-0.39, 0.29) is 0 Å². The quantitative estimate of drug-likeness (QED) is 0.460. The average molecular weight is 412 g/mol. The van der Waals surface area contributed by atoms with E-state index in [0.717, 1.165) is 56.9 Å². The molecule has 5 aromatic rings. The molecule has 2 aromatic carbocycles. The third-order valence-electron chi connectivity index (χ3n) is 5.44. The Hall–Kier alpha value is -3.87. The largest absolute Gasteiger partial charge is 0.308 e. The summed E-state index contributed by atoms with van der Waals surface area (Å²) in [6.45, 7) is 6.81. The molecule has 1 N–H and O–H groups in total. The Labute approximate surface area is 181 Å². The second-order valence-electron chi connectivity index (χ2n) is 7.61. The topological polar surface area (TPSA) is 85.2 Å². The fourth-order valence-electron chi connectivity index (χ4n) is 3.98. The van der Waals surface area contributed by atoms with Gasteiger partial charge in [-0.25, -0.2) is 9.97 Å². The Kier molecular flexibility index (Phi) is 4.49. The summed E-state index contributed by atoms with van der Waals surface area (Å²) in [6, 6.07) is 16.3. The van der Waals surface area contributed by atoms with Crippen LogP contribution in [0, 0.1) is 13.8 Å². The number of imidazole rings is 1. The molecule has 0 aliphatic heterocycles. The van der Waals surface area contributed by atoms with Crippen molar-refractivity contribution in [2.75, 3.05) is 0 Å². The second-order valence-corrected chi connectivity index (χ2v) is 7.61. The average Bonchev–Trinajstić information content (AvgIpc) is 3.43. The lowest BCUT2D eigenvalue weighted by atomic mass is 9.98. The molecule has 0 unspecified atom stereocenters. The molecule has 0 aliphatic rings. The lowest BCUT2D eigenvalue weighted by Gasteiger charge is -2.11. The number of pyridine rings is 1. The van der Waals surface area contributed by atoms with Crippen LogP contribution in [0.1, 0.15) is 30.9 Å². The molecular formula is C24H23N7. The summed E-state index contributed by atoms with van der Waals surface area (Å²) in [7, 11) is 0. The van der Waals surface area contributed by atoms with Gasteiger partial charge in [0.15, 0.2) is 5.65 Å². The second kappa shape index (κ2) is 7.75. The van der Waals surface area contributed by atoms with E-state index in [0.29, 0.717) is 18.4 Å². The number of aryl methyl sites for hydroxylation is 3. The van der Waals surface area contributed by atoms with Crippen molar-refractivity contribution < 1.29 is 1.37 Å². The molecule has 0 radical (unpaired) electrons. The first kappa shape index (κ1) is 17.9. The van der Waals surface area contributed by atoms with Gasteiger partial charge in [-0.15, -0.1) is 10.2 Å². The van der Waals surface area contributed by atoms with Gasteiger partial charge in [-0.1, -0.05) is 55.4 Å². The van der Waals surface area contributed by atoms with Gasteiger partial charge in [0.2, 0.25) is 5.82 Å². The number of hydrogen-bond acceptors (Lipinski definition) is 5. The lowest BCUT2D eigenvalue weighted by molar-refractivity contribution is 0.745. The number of hydrogen-bond donors (Lipinski definition) is 1. The molecule has 0 amide bonds. The normalized spacial score (nSPS) is 11.8. The zero-order valence-corrected chi connectivity index (χ0v) is 17.7. The number of rotatable bonds is 5. The minimum atomic E-state index is 0.446. The Morgan fingerprint density at radius 1 is 1.03 bits per heavy atom. The van der Waals surface area contributed by atoms with Crippen LogP contribution in [0.2, 0.25) is 0 Å². The number of tetrazole rings is 1. The standard InChI is InChI=1S/C24H23N7/c1-4-21-26-22-15(2)13-16(3)25-24(22)31(21)14-17-9-11-18(12-10-17)19-7-5-6-8-20(19)23-27-29-30-28-23/h5-13H,4,14H2,1-3H3,(H,27,28,29,30)/i11T. The van der Waals surface area contributed by atoms with E-state index < -0.39 is 0 Å². The Balaban J connectivity index is 1.55. The third kappa shape index (κ3) is 3.48. The van der Waals surface area contributed by atoms with Crippen LogP contribution in [0.4, 0.5) is 0 Å². The highest BCUT2D eigenvalue weighted by atomic mass is 15.5. The van der Waals surface area contributed by atoms with Crippen LogP contribution in [0.5, 0.6) is 0 Å². The Bertz CT molecular complexity index is 1420. The van der Waals surface area contributed by atoms with E-state index in [2.05, 4.69) is 51.2 Å². The summed E-state index contributed by atoms with van der Waals surface area (Å²) in [5.74, 6) is 1.51. The number of benzene rings is 2. The van der Waals surface area contributed by atoms with E-state index in [4.69, 9.17) is 11.3 Å². The van der Waals surface area contributed by atoms with Crippen LogP contribution in [-0.2, 0) is 13.0 Å². The van der Waals surface area contributed by atoms with Crippen molar-refractivity contribution >= 4 is 11.2 Å². The van der Waals surface area contributed by atoms with Gasteiger partial charge >= 0.3 is 0 Å². The molecule has 3 aromatic heterocycles. The molecule has 3 heterocycles. The highest BCUT2D eigenvalue weighted by Crippen LogP contribution is 2.30. The molecule has 31 heavy (non-hydrogen) atoms. The van der Waals surface area contributed by atoms with Crippen LogP contribution in [0.15, 0.2) is 54.6 Å². The van der Waals surface area contributed by atoms with Crippen LogP contribution < -0.4 is 0 Å². The maximum absolute atomic E-state index is 8.72. The summed E-state index contributed by atoms with van der Waals surface area (Å²) in [5, 5.41) is 14.4. The van der Waals surface area contributed by atoms with Gasteiger partial charge in [-0.05, 0) is 47.4 Å². The van der Waals surface area contributed by atoms with Crippen molar-refractivity contribution in [3.63, 3.8) is 0 Å². The smallest absolute Gasteiger partial charge is 0.205 e. The molecule has 0 saturated heterocycles. The van der Waals surface area contributed by atoms with E-state index >= 15 is 0 Å². The monoisotopic (exact) mass is 411 g/mol. The molecule has 0 atom stereocenters. The summed E-state index contributed by atoms with van der Waals surface area (Å²) in [6.07, 6.45) is 0.818. The number of fused-ring (bicyclic) bond motifs is 1. The van der Waals surface area contributed by atoms with Crippen LogP contribution in [0.3, 0.4) is 0 Å². The van der Waals surface area contributed by atoms with E-state index in [1.807, 2.05) is 43.3 Å². The first-order chi connectivity index (χ1) is 15.5. The Morgan fingerprint density at radius 3 is 2.61 bits per heavy atom. The minimum absolute atomic E-state index is 0.446. The number of nitrogens with zero attached hydrogens (tertiary/aromatic N) is 6. The van der Waals surface area contributed by atoms with Crippen molar-refractivity contribution in [3.05, 3.63) is 77.2 Å². The molecule has 0 fully saturated rings. The minimum Gasteiger partial charge on any atom is -0.308 e. The SMILES string of the molecule is [3H]c1cc(Cn2c(CC)nc3c(C)cc(C)nc32)ccc1-c1ccccc1-c1nn[nH]n1. The first-order valence-electron chi connectivity index (χ1n) is 10.8. The first-order valence-corrected chi connectivity index (χ1v) is 10.3. The van der Waals surface area contributed by atoms with Crippen molar-refractivity contribution in [2.45, 2.75) is 33.7 Å². The lowest BCUT2D eigenvalue weighted by Crippen LogP contribution is -2.05. The summed E-state index contributed by atoms with van der Waals surface area (Å²) in [4.78, 5) is 9.59. The van der Waals surface area contributed by atoms with Crippen molar-refractivity contribution in [2.24, 2.45) is 0 Å². The molecule has 7 heteroatoms. The van der Waals surface area contributed by atoms with Gasteiger partial charge in [0.25, 0.3) is 0 Å². The van der Waals surface area contributed by atoms with Crippen molar-refractivity contribution in [1.82, 2.24) is 35.2 Å². The van der Waals surface area contributed by atoms with Gasteiger partial charge in [-0.2, -0.15) is 5.21 Å². The molecule has 0 aliphatic carbocycles. The zero-order valence-electron chi connectivity index (χ0n) is 18.7. The van der Waals surface area contributed by atoms with Crippen LogP contribution in [-0.4, -0.2) is 35.2 Å². The molecular weight excluding hydrogens is 386 g/mol. The number of nitrogens with one attached hydrogen (secondary N) is 1. The Morgan fingerprint density at radius 2 is 1.87 bits per heavy atom. The van der Waals surface area contributed by atoms with Gasteiger partial charge < -0.3 is 4.57 Å². The highest BCUT2D eigenvalue weighted by Gasteiger charge is 2.14. The molecule has 0 bridgehead atoms. The van der Waals surface area contributed by atoms with Gasteiger partial charge in [0.05, 0.1) is 7.92 Å². The molecule has 154 valence electrons. The van der Waals surface area contributed by atoms with Crippen molar-refractivity contribution in [1.29, 1.82) is 0 Å². The van der Waals surface area contributed by atoms with Gasteiger partial charge in [-0.3, -0.25) is 0 Å². The summed E-state index contributed by atoms with van der Waals surface area (Å²) in [5.41, 5.74) is 7.56. The van der Waals surface area contributed by atoms with Crippen LogP contribution in [0.25, 0.3) is 33.7 Å². The summed E-state index contributed by atoms with van der Waals surface area (Å²) >= 11 is 0.